The lowest BCUT2D eigenvalue weighted by Gasteiger charge is -2.26. The highest BCUT2D eigenvalue weighted by atomic mass is 32.1. The largest absolute Gasteiger partial charge is 0.481 e. The highest BCUT2D eigenvalue weighted by molar-refractivity contribution is 7.13. The summed E-state index contributed by atoms with van der Waals surface area (Å²) in [6.45, 7) is 0.681. The minimum Gasteiger partial charge on any atom is -0.481 e. The van der Waals surface area contributed by atoms with Crippen LogP contribution in [0.15, 0.2) is 29.6 Å². The third-order valence-electron chi connectivity index (χ3n) is 4.29. The van der Waals surface area contributed by atoms with Crippen LogP contribution in [-0.2, 0) is 11.3 Å². The van der Waals surface area contributed by atoms with Crippen LogP contribution < -0.4 is 5.32 Å². The van der Waals surface area contributed by atoms with E-state index in [0.29, 0.717) is 12.6 Å². The van der Waals surface area contributed by atoms with Crippen molar-refractivity contribution in [3.05, 3.63) is 41.2 Å². The SMILES string of the molecule is O=C(O)C1CCC(NCc2csc(-c3ccc(F)cc3)n2)CC1. The molecule has 1 aromatic carbocycles. The monoisotopic (exact) mass is 334 g/mol. The van der Waals surface area contributed by atoms with Crippen LogP contribution in [0.1, 0.15) is 31.4 Å². The molecule has 6 heteroatoms. The van der Waals surface area contributed by atoms with Crippen molar-refractivity contribution in [1.29, 1.82) is 0 Å². The first-order valence-corrected chi connectivity index (χ1v) is 8.66. The van der Waals surface area contributed by atoms with Gasteiger partial charge < -0.3 is 10.4 Å². The van der Waals surface area contributed by atoms with Crippen molar-refractivity contribution in [3.63, 3.8) is 0 Å². The van der Waals surface area contributed by atoms with Crippen molar-refractivity contribution in [1.82, 2.24) is 10.3 Å². The molecule has 1 aliphatic rings. The van der Waals surface area contributed by atoms with Crippen LogP contribution in [0.5, 0.6) is 0 Å². The van der Waals surface area contributed by atoms with E-state index in [4.69, 9.17) is 5.11 Å². The van der Waals surface area contributed by atoms with Crippen LogP contribution in [0, 0.1) is 11.7 Å². The second kappa shape index (κ2) is 7.19. The number of halogens is 1. The van der Waals surface area contributed by atoms with Gasteiger partial charge in [-0.3, -0.25) is 4.79 Å². The molecule has 0 spiro atoms. The first-order chi connectivity index (χ1) is 11.1. The van der Waals surface area contributed by atoms with Crippen molar-refractivity contribution in [2.45, 2.75) is 38.3 Å². The van der Waals surface area contributed by atoms with Gasteiger partial charge in [0, 0.05) is 23.5 Å². The molecule has 1 fully saturated rings. The Morgan fingerprint density at radius 1 is 1.26 bits per heavy atom. The van der Waals surface area contributed by atoms with Gasteiger partial charge in [-0.25, -0.2) is 9.37 Å². The van der Waals surface area contributed by atoms with Crippen LogP contribution in [-0.4, -0.2) is 22.1 Å². The average Bonchev–Trinajstić information content (AvgIpc) is 3.03. The molecule has 23 heavy (non-hydrogen) atoms. The van der Waals surface area contributed by atoms with Gasteiger partial charge in [0.25, 0.3) is 0 Å². The fourth-order valence-electron chi connectivity index (χ4n) is 2.91. The number of nitrogens with one attached hydrogen (secondary N) is 1. The summed E-state index contributed by atoms with van der Waals surface area (Å²) in [4.78, 5) is 15.5. The van der Waals surface area contributed by atoms with Gasteiger partial charge >= 0.3 is 5.97 Å². The number of rotatable bonds is 5. The number of carboxylic acid groups (broad SMARTS) is 1. The third kappa shape index (κ3) is 4.14. The minimum atomic E-state index is -0.674. The van der Waals surface area contributed by atoms with Crippen molar-refractivity contribution >= 4 is 17.3 Å². The van der Waals surface area contributed by atoms with Gasteiger partial charge in [0.15, 0.2) is 0 Å². The Morgan fingerprint density at radius 2 is 1.96 bits per heavy atom. The predicted molar refractivity (Wildman–Crippen MR) is 87.7 cm³/mol. The third-order valence-corrected chi connectivity index (χ3v) is 5.23. The number of hydrogen-bond donors (Lipinski definition) is 2. The second-order valence-electron chi connectivity index (χ2n) is 5.92. The topological polar surface area (TPSA) is 62.2 Å². The van der Waals surface area contributed by atoms with Crippen molar-refractivity contribution < 1.29 is 14.3 Å². The number of carboxylic acids is 1. The molecule has 0 amide bonds. The molecule has 0 saturated heterocycles. The molecule has 0 unspecified atom stereocenters. The van der Waals surface area contributed by atoms with Gasteiger partial charge in [-0.15, -0.1) is 11.3 Å². The van der Waals surface area contributed by atoms with Gasteiger partial charge in [-0.2, -0.15) is 0 Å². The lowest BCUT2D eigenvalue weighted by Crippen LogP contribution is -2.34. The van der Waals surface area contributed by atoms with Crippen LogP contribution in [0.4, 0.5) is 4.39 Å². The number of aliphatic carboxylic acids is 1. The molecule has 1 aliphatic carbocycles. The number of benzene rings is 1. The zero-order valence-electron chi connectivity index (χ0n) is 12.7. The van der Waals surface area contributed by atoms with E-state index < -0.39 is 5.97 Å². The molecule has 1 saturated carbocycles. The predicted octanol–water partition coefficient (Wildman–Crippen LogP) is 3.68. The molecule has 1 heterocycles. The first-order valence-electron chi connectivity index (χ1n) is 7.78. The van der Waals surface area contributed by atoms with Crippen molar-refractivity contribution in [2.24, 2.45) is 5.92 Å². The Hall–Kier alpha value is -1.79. The number of thiazole rings is 1. The van der Waals surface area contributed by atoms with Crippen LogP contribution in [0.3, 0.4) is 0 Å². The average molecular weight is 334 g/mol. The van der Waals surface area contributed by atoms with E-state index in [9.17, 15) is 9.18 Å². The van der Waals surface area contributed by atoms with Gasteiger partial charge in [0.05, 0.1) is 11.6 Å². The number of hydrogen-bond acceptors (Lipinski definition) is 4. The van der Waals surface area contributed by atoms with E-state index in [1.54, 1.807) is 23.5 Å². The lowest BCUT2D eigenvalue weighted by atomic mass is 9.86. The molecular formula is C17H19FN2O2S. The quantitative estimate of drug-likeness (QED) is 0.875. The summed E-state index contributed by atoms with van der Waals surface area (Å²) in [6.07, 6.45) is 3.27. The number of carbonyl (C=O) groups is 1. The molecule has 0 bridgehead atoms. The van der Waals surface area contributed by atoms with E-state index in [-0.39, 0.29) is 11.7 Å². The van der Waals surface area contributed by atoms with Gasteiger partial charge in [-0.05, 0) is 49.9 Å². The first kappa shape index (κ1) is 16.1. The summed E-state index contributed by atoms with van der Waals surface area (Å²) in [5, 5.41) is 15.4. The summed E-state index contributed by atoms with van der Waals surface area (Å²) < 4.78 is 12.9. The normalized spacial score (nSPS) is 21.3. The van der Waals surface area contributed by atoms with Crippen LogP contribution in [0.25, 0.3) is 10.6 Å². The number of aromatic nitrogens is 1. The fraction of sp³-hybridized carbons (Fsp3) is 0.412. The Labute approximate surface area is 138 Å². The minimum absolute atomic E-state index is 0.183. The summed E-state index contributed by atoms with van der Waals surface area (Å²) in [5.74, 6) is -1.10. The van der Waals surface area contributed by atoms with Crippen LogP contribution in [0.2, 0.25) is 0 Å². The Morgan fingerprint density at radius 3 is 2.61 bits per heavy atom. The van der Waals surface area contributed by atoms with E-state index in [2.05, 4.69) is 10.3 Å². The number of nitrogens with zero attached hydrogens (tertiary/aromatic N) is 1. The Kier molecular flexibility index (Phi) is 5.03. The molecule has 122 valence electrons. The Balaban J connectivity index is 1.52. The smallest absolute Gasteiger partial charge is 0.306 e. The second-order valence-corrected chi connectivity index (χ2v) is 6.78. The maximum absolute atomic E-state index is 12.9. The molecule has 2 N–H and O–H groups in total. The maximum Gasteiger partial charge on any atom is 0.306 e. The highest BCUT2D eigenvalue weighted by Gasteiger charge is 2.25. The molecule has 3 rings (SSSR count). The fourth-order valence-corrected chi connectivity index (χ4v) is 3.73. The standard InChI is InChI=1S/C17H19FN2O2S/c18-13-5-1-11(2-6-13)16-20-15(10-23-16)9-19-14-7-3-12(4-8-14)17(21)22/h1-2,5-6,10,12,14,19H,3-4,7-9H2,(H,21,22). The van der Waals surface area contributed by atoms with E-state index in [0.717, 1.165) is 41.9 Å². The molecule has 1 aromatic heterocycles. The zero-order chi connectivity index (χ0) is 16.2. The van der Waals surface area contributed by atoms with E-state index in [1.165, 1.54) is 12.1 Å². The molecule has 4 nitrogen and oxygen atoms in total. The van der Waals surface area contributed by atoms with Gasteiger partial charge in [-0.1, -0.05) is 0 Å². The summed E-state index contributed by atoms with van der Waals surface area (Å²) in [5.41, 5.74) is 1.89. The van der Waals surface area contributed by atoms with Gasteiger partial charge in [0.1, 0.15) is 10.8 Å². The van der Waals surface area contributed by atoms with E-state index in [1.807, 2.05) is 5.38 Å². The zero-order valence-corrected chi connectivity index (χ0v) is 13.5. The highest BCUT2D eigenvalue weighted by Crippen LogP contribution is 2.26. The molecule has 2 aromatic rings. The summed E-state index contributed by atoms with van der Waals surface area (Å²) in [6, 6.07) is 6.71. The Bertz CT molecular complexity index is 663. The molecular weight excluding hydrogens is 315 g/mol. The molecule has 0 atom stereocenters. The molecule has 0 radical (unpaired) electrons. The van der Waals surface area contributed by atoms with Gasteiger partial charge in [0.2, 0.25) is 0 Å². The summed E-state index contributed by atoms with van der Waals surface area (Å²) in [7, 11) is 0. The summed E-state index contributed by atoms with van der Waals surface area (Å²) >= 11 is 1.55. The van der Waals surface area contributed by atoms with E-state index >= 15 is 0 Å². The maximum atomic E-state index is 12.9. The lowest BCUT2D eigenvalue weighted by molar-refractivity contribution is -0.142. The van der Waals surface area contributed by atoms with Crippen LogP contribution >= 0.6 is 11.3 Å². The van der Waals surface area contributed by atoms with Crippen molar-refractivity contribution in [2.75, 3.05) is 0 Å². The van der Waals surface area contributed by atoms with Crippen molar-refractivity contribution in [3.8, 4) is 10.6 Å². The molecule has 0 aliphatic heterocycles.